The lowest BCUT2D eigenvalue weighted by Gasteiger charge is -2.09. The fourth-order valence-electron chi connectivity index (χ4n) is 3.31. The lowest BCUT2D eigenvalue weighted by molar-refractivity contribution is -0.274. The molecule has 0 saturated heterocycles. The Bertz CT molecular complexity index is 1310. The predicted molar refractivity (Wildman–Crippen MR) is 114 cm³/mol. The van der Waals surface area contributed by atoms with E-state index in [1.807, 2.05) is 0 Å². The molecule has 0 amide bonds. The monoisotopic (exact) mass is 509 g/mol. The molecule has 2 aromatic carbocycles. The van der Waals surface area contributed by atoms with E-state index in [1.54, 1.807) is 30.5 Å². The summed E-state index contributed by atoms with van der Waals surface area (Å²) in [6.07, 6.45) is -1.88. The minimum atomic E-state index is -4.75. The topological polar surface area (TPSA) is 48.5 Å². The van der Waals surface area contributed by atoms with E-state index in [2.05, 4.69) is 25.8 Å². The molecule has 0 spiro atoms. The number of nitrogens with zero attached hydrogens (tertiary/aromatic N) is 3. The number of ether oxygens (including phenoxy) is 1. The molecule has 4 rings (SSSR count). The van der Waals surface area contributed by atoms with Gasteiger partial charge in [0.1, 0.15) is 11.6 Å². The highest BCUT2D eigenvalue weighted by atomic mass is 79.9. The van der Waals surface area contributed by atoms with Crippen molar-refractivity contribution in [2.24, 2.45) is 0 Å². The first kappa shape index (κ1) is 22.1. The van der Waals surface area contributed by atoms with Crippen LogP contribution < -0.4 is 10.4 Å². The zero-order valence-corrected chi connectivity index (χ0v) is 18.0. The molecule has 166 valence electrons. The molecular formula is C22H16BrF4N3O2. The summed E-state index contributed by atoms with van der Waals surface area (Å²) in [5, 5.41) is 4.32. The first-order valence-electron chi connectivity index (χ1n) is 9.59. The van der Waals surface area contributed by atoms with Crippen molar-refractivity contribution in [2.75, 3.05) is 0 Å². The van der Waals surface area contributed by atoms with Gasteiger partial charge in [-0.3, -0.25) is 0 Å². The van der Waals surface area contributed by atoms with Crippen LogP contribution in [-0.4, -0.2) is 20.5 Å². The molecule has 0 bridgehead atoms. The molecule has 0 N–H and O–H groups in total. The smallest absolute Gasteiger partial charge is 0.406 e. The van der Waals surface area contributed by atoms with Crippen LogP contribution in [0.4, 0.5) is 17.6 Å². The number of hydrogen-bond donors (Lipinski definition) is 0. The number of benzene rings is 2. The average Bonchev–Trinajstić information content (AvgIpc) is 3.05. The van der Waals surface area contributed by atoms with E-state index in [0.29, 0.717) is 40.6 Å². The van der Waals surface area contributed by atoms with Gasteiger partial charge in [-0.2, -0.15) is 0 Å². The molecule has 5 nitrogen and oxygen atoms in total. The Morgan fingerprint density at radius 2 is 1.72 bits per heavy atom. The summed E-state index contributed by atoms with van der Waals surface area (Å²) in [5.41, 5.74) is 2.35. The number of aromatic nitrogens is 3. The molecule has 32 heavy (non-hydrogen) atoms. The van der Waals surface area contributed by atoms with Crippen molar-refractivity contribution in [3.05, 3.63) is 87.1 Å². The largest absolute Gasteiger partial charge is 0.573 e. The van der Waals surface area contributed by atoms with Gasteiger partial charge in [-0.25, -0.2) is 18.3 Å². The predicted octanol–water partition coefficient (Wildman–Crippen LogP) is 5.60. The summed E-state index contributed by atoms with van der Waals surface area (Å²) in [6, 6.07) is 13.6. The summed E-state index contributed by atoms with van der Waals surface area (Å²) in [6.45, 7) is 0.383. The first-order valence-corrected chi connectivity index (χ1v) is 10.4. The fraction of sp³-hybridized carbons (Fsp3) is 0.182. The highest BCUT2D eigenvalue weighted by molar-refractivity contribution is 9.10. The van der Waals surface area contributed by atoms with E-state index in [0.717, 1.165) is 5.56 Å². The Morgan fingerprint density at radius 1 is 1.00 bits per heavy atom. The van der Waals surface area contributed by atoms with Crippen molar-refractivity contribution in [3.63, 3.8) is 0 Å². The van der Waals surface area contributed by atoms with Crippen molar-refractivity contribution < 1.29 is 22.3 Å². The zero-order chi connectivity index (χ0) is 22.9. The second-order valence-corrected chi connectivity index (χ2v) is 7.93. The van der Waals surface area contributed by atoms with Crippen molar-refractivity contribution in [1.82, 2.24) is 14.2 Å². The Balaban J connectivity index is 1.49. The van der Waals surface area contributed by atoms with Crippen molar-refractivity contribution in [1.29, 1.82) is 0 Å². The molecule has 2 aromatic heterocycles. The van der Waals surface area contributed by atoms with Crippen LogP contribution in [0, 0.1) is 5.82 Å². The highest BCUT2D eigenvalue weighted by Gasteiger charge is 2.30. The summed E-state index contributed by atoms with van der Waals surface area (Å²) in [4.78, 5) is 12.7. The number of fused-ring (bicyclic) bond motifs is 1. The molecule has 0 aliphatic heterocycles. The maximum absolute atomic E-state index is 13.3. The molecule has 0 unspecified atom stereocenters. The normalized spacial score (nSPS) is 11.8. The maximum Gasteiger partial charge on any atom is 0.573 e. The lowest BCUT2D eigenvalue weighted by Crippen LogP contribution is -2.21. The van der Waals surface area contributed by atoms with Crippen molar-refractivity contribution in [3.8, 4) is 16.9 Å². The van der Waals surface area contributed by atoms with Gasteiger partial charge in [0.15, 0.2) is 5.65 Å². The Kier molecular flexibility index (Phi) is 6.05. The third-order valence-corrected chi connectivity index (χ3v) is 5.43. The average molecular weight is 510 g/mol. The highest BCUT2D eigenvalue weighted by Crippen LogP contribution is 2.26. The maximum atomic E-state index is 13.3. The Hall–Kier alpha value is -3.14. The van der Waals surface area contributed by atoms with E-state index in [1.165, 1.54) is 39.4 Å². The summed E-state index contributed by atoms with van der Waals surface area (Å²) < 4.78 is 57.3. The molecule has 0 saturated carbocycles. The summed E-state index contributed by atoms with van der Waals surface area (Å²) >= 11 is 3.16. The van der Waals surface area contributed by atoms with Crippen LogP contribution in [0.5, 0.6) is 5.75 Å². The molecule has 0 fully saturated rings. The number of aryl methyl sites for hydroxylation is 2. The molecule has 0 aliphatic carbocycles. The second kappa shape index (κ2) is 8.78. The second-order valence-electron chi connectivity index (χ2n) is 7.08. The number of hydrogen-bond acceptors (Lipinski definition) is 3. The Labute approximate surface area is 188 Å². The molecule has 4 aromatic rings. The minimum Gasteiger partial charge on any atom is -0.406 e. The van der Waals surface area contributed by atoms with Gasteiger partial charge < -0.3 is 4.74 Å². The van der Waals surface area contributed by atoms with Crippen LogP contribution in [0.3, 0.4) is 0 Å². The molecule has 0 radical (unpaired) electrons. The molecule has 0 atom stereocenters. The lowest BCUT2D eigenvalue weighted by atomic mass is 10.1. The van der Waals surface area contributed by atoms with Crippen molar-refractivity contribution in [2.45, 2.75) is 25.7 Å². The molecule has 2 heterocycles. The van der Waals surface area contributed by atoms with Crippen LogP contribution in [0.2, 0.25) is 0 Å². The van der Waals surface area contributed by atoms with Gasteiger partial charge in [-0.05, 0) is 81.9 Å². The van der Waals surface area contributed by atoms with Crippen LogP contribution >= 0.6 is 15.9 Å². The first-order chi connectivity index (χ1) is 15.2. The number of pyridine rings is 1. The minimum absolute atomic E-state index is 0.319. The number of halogens is 5. The van der Waals surface area contributed by atoms with Gasteiger partial charge >= 0.3 is 12.1 Å². The van der Waals surface area contributed by atoms with E-state index < -0.39 is 6.36 Å². The van der Waals surface area contributed by atoms with Crippen LogP contribution in [0.15, 0.2) is 70.1 Å². The van der Waals surface area contributed by atoms with Gasteiger partial charge in [0, 0.05) is 12.7 Å². The standard InChI is InChI=1S/C22H16BrF4N3O2/c23-18-12-14(3-9-19(18)24)2-1-11-30-21(31)29-13-16(6-10-20(29)28-30)15-4-7-17(8-5-15)32-22(25,26)27/h3-10,12-13H,1-2,11H2. The van der Waals surface area contributed by atoms with Crippen LogP contribution in [-0.2, 0) is 13.0 Å². The van der Waals surface area contributed by atoms with Crippen molar-refractivity contribution >= 4 is 21.6 Å². The third-order valence-electron chi connectivity index (χ3n) is 4.82. The number of rotatable bonds is 6. The molecule has 0 aliphatic rings. The molecule has 10 heteroatoms. The van der Waals surface area contributed by atoms with Gasteiger partial charge in [-0.15, -0.1) is 18.3 Å². The SMILES string of the molecule is O=c1n(CCCc2ccc(F)c(Br)c2)nc2ccc(-c3ccc(OC(F)(F)F)cc3)cn12. The summed E-state index contributed by atoms with van der Waals surface area (Å²) in [7, 11) is 0. The zero-order valence-electron chi connectivity index (χ0n) is 16.4. The number of alkyl halides is 3. The van der Waals surface area contributed by atoms with Crippen LogP contribution in [0.25, 0.3) is 16.8 Å². The van der Waals surface area contributed by atoms with Gasteiger partial charge in [-0.1, -0.05) is 18.2 Å². The van der Waals surface area contributed by atoms with E-state index in [-0.39, 0.29) is 17.3 Å². The summed E-state index contributed by atoms with van der Waals surface area (Å²) in [5.74, 6) is -0.649. The molecular weight excluding hydrogens is 494 g/mol. The van der Waals surface area contributed by atoms with E-state index >= 15 is 0 Å². The third kappa shape index (κ3) is 5.01. The quantitative estimate of drug-likeness (QED) is 0.318. The van der Waals surface area contributed by atoms with Crippen LogP contribution in [0.1, 0.15) is 12.0 Å². The van der Waals surface area contributed by atoms with Gasteiger partial charge in [0.2, 0.25) is 0 Å². The fourth-order valence-corrected chi connectivity index (χ4v) is 3.74. The van der Waals surface area contributed by atoms with Gasteiger partial charge in [0.25, 0.3) is 0 Å². The van der Waals surface area contributed by atoms with Gasteiger partial charge in [0.05, 0.1) is 4.47 Å². The van der Waals surface area contributed by atoms with E-state index in [4.69, 9.17) is 0 Å². The van der Waals surface area contributed by atoms with E-state index in [9.17, 15) is 22.4 Å². The Morgan fingerprint density at radius 3 is 2.41 bits per heavy atom.